The van der Waals surface area contributed by atoms with Gasteiger partial charge in [0.15, 0.2) is 25.0 Å². The van der Waals surface area contributed by atoms with Crippen molar-refractivity contribution in [3.05, 3.63) is 35.9 Å². The Morgan fingerprint density at radius 1 is 0.870 bits per heavy atom. The Hall–Kier alpha value is -1.11. The molecule has 4 aliphatic carbocycles. The van der Waals surface area contributed by atoms with Gasteiger partial charge in [0.25, 0.3) is 0 Å². The topological polar surface area (TPSA) is 66.4 Å². The molecule has 0 N–H and O–H groups in total. The number of fused-ring (bicyclic) bond motifs is 5. The largest absolute Gasteiger partial charge is 0.415 e. The van der Waals surface area contributed by atoms with Crippen LogP contribution in [0.25, 0.3) is 0 Å². The summed E-state index contributed by atoms with van der Waals surface area (Å²) in [6, 6.07) is 10.2. The smallest absolute Gasteiger partial charge is 0.185 e. The summed E-state index contributed by atoms with van der Waals surface area (Å²) in [5.41, 5.74) is 0.957. The first-order chi connectivity index (χ1) is 21.3. The van der Waals surface area contributed by atoms with E-state index >= 15 is 0 Å². The highest BCUT2D eigenvalue weighted by molar-refractivity contribution is 6.70. The first-order valence-corrected chi connectivity index (χ1v) is 28.3. The van der Waals surface area contributed by atoms with Crippen LogP contribution in [0.4, 0.5) is 0 Å². The lowest BCUT2D eigenvalue weighted by atomic mass is 9.44. The second kappa shape index (κ2) is 13.0. The van der Waals surface area contributed by atoms with E-state index in [9.17, 15) is 4.79 Å². The average molecular weight is 686 g/mol. The van der Waals surface area contributed by atoms with Crippen molar-refractivity contribution in [3.63, 3.8) is 0 Å². The van der Waals surface area contributed by atoms with E-state index in [0.717, 1.165) is 49.8 Å². The number of Topliss-reactive ketones (excluding diaryl/α,β-unsaturated/α-hetero) is 1. The Balaban J connectivity index is 1.49. The molecule has 0 spiro atoms. The predicted molar refractivity (Wildman–Crippen MR) is 195 cm³/mol. The standard InChI is InChI=1S/C37H63NO5Si3/c1-35-21-19-29(42-45(6,7)8)23-28(35)17-18-30-31-20-22-37(43-46(9,10)11,36(31,2)24-32(39)34(30)35)33(26-41-44(3,4)5)38-40-25-27-15-13-12-14-16-27/h12-16,28-31,34H,17-26H2,1-11H3/b38-33+/t28?,29?,30-,31-,34+,35-,36-,37-/m0/s1. The summed E-state index contributed by atoms with van der Waals surface area (Å²) in [5, 5.41) is 4.93. The molecule has 9 heteroatoms. The monoisotopic (exact) mass is 685 g/mol. The molecule has 0 radical (unpaired) electrons. The maximum absolute atomic E-state index is 14.8. The summed E-state index contributed by atoms with van der Waals surface area (Å²) in [6.45, 7) is 26.0. The van der Waals surface area contributed by atoms with Crippen molar-refractivity contribution in [2.24, 2.45) is 39.7 Å². The maximum Gasteiger partial charge on any atom is 0.185 e. The van der Waals surface area contributed by atoms with Gasteiger partial charge in [0.2, 0.25) is 0 Å². The second-order valence-corrected chi connectivity index (χ2v) is 31.9. The summed E-state index contributed by atoms with van der Waals surface area (Å²) >= 11 is 0. The van der Waals surface area contributed by atoms with Crippen LogP contribution in [-0.2, 0) is 29.5 Å². The third-order valence-electron chi connectivity index (χ3n) is 11.8. The summed E-state index contributed by atoms with van der Waals surface area (Å²) in [5.74, 6) is 1.95. The van der Waals surface area contributed by atoms with E-state index in [4.69, 9.17) is 23.3 Å². The quantitative estimate of drug-likeness (QED) is 0.132. The van der Waals surface area contributed by atoms with Gasteiger partial charge in [-0.1, -0.05) is 49.3 Å². The molecule has 2 unspecified atom stereocenters. The number of hydrogen-bond acceptors (Lipinski definition) is 6. The van der Waals surface area contributed by atoms with Crippen molar-refractivity contribution in [3.8, 4) is 0 Å². The molecule has 4 fully saturated rings. The molecule has 6 nitrogen and oxygen atoms in total. The minimum absolute atomic E-state index is 0.0577. The van der Waals surface area contributed by atoms with Gasteiger partial charge >= 0.3 is 0 Å². The summed E-state index contributed by atoms with van der Waals surface area (Å²) in [7, 11) is -5.58. The van der Waals surface area contributed by atoms with E-state index < -0.39 is 30.6 Å². The SMILES string of the molecule is C[C@]12CCC(O[Si](C)(C)C)CC1CC[C@@H]1[C@@H]2C(=O)C[C@@]2(C)[C@H]1CC[C@]2(O[Si](C)(C)C)/C(CO[Si](C)(C)C)=N/OCc1ccccc1. The van der Waals surface area contributed by atoms with Crippen molar-refractivity contribution in [1.82, 2.24) is 0 Å². The molecular weight excluding hydrogens is 623 g/mol. The molecule has 4 aliphatic rings. The van der Waals surface area contributed by atoms with E-state index in [1.54, 1.807) is 0 Å². The Labute approximate surface area is 283 Å². The van der Waals surface area contributed by atoms with Crippen LogP contribution in [0.5, 0.6) is 0 Å². The molecule has 1 aromatic rings. The van der Waals surface area contributed by atoms with Crippen molar-refractivity contribution < 1.29 is 22.9 Å². The van der Waals surface area contributed by atoms with Gasteiger partial charge in [0, 0.05) is 23.9 Å². The van der Waals surface area contributed by atoms with Gasteiger partial charge in [0.05, 0.1) is 6.61 Å². The number of rotatable bonds is 11. The predicted octanol–water partition coefficient (Wildman–Crippen LogP) is 9.44. The molecule has 258 valence electrons. The molecule has 0 amide bonds. The fourth-order valence-electron chi connectivity index (χ4n) is 10.1. The van der Waals surface area contributed by atoms with Gasteiger partial charge in [-0.2, -0.15) is 0 Å². The molecule has 4 saturated carbocycles. The van der Waals surface area contributed by atoms with Crippen LogP contribution in [0.2, 0.25) is 58.9 Å². The van der Waals surface area contributed by atoms with Crippen LogP contribution >= 0.6 is 0 Å². The zero-order valence-electron chi connectivity index (χ0n) is 30.8. The van der Waals surface area contributed by atoms with Crippen LogP contribution in [0.1, 0.15) is 70.8 Å². The van der Waals surface area contributed by atoms with Gasteiger partial charge < -0.3 is 18.1 Å². The molecular formula is C37H63NO5Si3. The molecule has 0 aromatic heterocycles. The van der Waals surface area contributed by atoms with Crippen LogP contribution in [0.15, 0.2) is 35.5 Å². The summed E-state index contributed by atoms with van der Waals surface area (Å²) in [6.07, 6.45) is 8.46. The summed E-state index contributed by atoms with van der Waals surface area (Å²) in [4.78, 5) is 20.9. The van der Waals surface area contributed by atoms with E-state index in [1.807, 2.05) is 18.2 Å². The Kier molecular flexibility index (Phi) is 10.2. The number of hydrogen-bond donors (Lipinski definition) is 0. The number of carbonyl (C=O) groups is 1. The number of carbonyl (C=O) groups excluding carboxylic acids is 1. The first-order valence-electron chi connectivity index (χ1n) is 18.0. The van der Waals surface area contributed by atoms with Crippen molar-refractivity contribution >= 4 is 36.4 Å². The molecule has 46 heavy (non-hydrogen) atoms. The number of nitrogens with zero attached hydrogens (tertiary/aromatic N) is 1. The fraction of sp³-hybridized carbons (Fsp3) is 0.784. The highest BCUT2D eigenvalue weighted by Crippen LogP contribution is 2.68. The van der Waals surface area contributed by atoms with E-state index in [-0.39, 0.29) is 16.7 Å². The molecule has 0 aliphatic heterocycles. The van der Waals surface area contributed by atoms with Crippen LogP contribution in [-0.4, -0.2) is 54.8 Å². The molecule has 8 atom stereocenters. The number of ketones is 1. The lowest BCUT2D eigenvalue weighted by molar-refractivity contribution is -0.166. The van der Waals surface area contributed by atoms with Crippen LogP contribution in [0, 0.1) is 34.5 Å². The molecule has 1 aromatic carbocycles. The first kappa shape index (κ1) is 36.2. The third-order valence-corrected chi connectivity index (χ3v) is 14.8. The Bertz CT molecular complexity index is 1270. The van der Waals surface area contributed by atoms with Gasteiger partial charge in [0.1, 0.15) is 23.7 Å². The number of oxime groups is 1. The van der Waals surface area contributed by atoms with Gasteiger partial charge in [-0.05, 0) is 133 Å². The minimum atomic E-state index is -2.10. The lowest BCUT2D eigenvalue weighted by Gasteiger charge is -2.61. The zero-order chi connectivity index (χ0) is 33.8. The Morgan fingerprint density at radius 3 is 2.20 bits per heavy atom. The van der Waals surface area contributed by atoms with E-state index in [1.165, 1.54) is 6.42 Å². The van der Waals surface area contributed by atoms with Gasteiger partial charge in [-0.15, -0.1) is 0 Å². The maximum atomic E-state index is 14.8. The lowest BCUT2D eigenvalue weighted by Crippen LogP contribution is -2.64. The Morgan fingerprint density at radius 2 is 1.57 bits per heavy atom. The average Bonchev–Trinajstić information content (AvgIpc) is 3.20. The van der Waals surface area contributed by atoms with Gasteiger partial charge in [-0.3, -0.25) is 4.79 Å². The van der Waals surface area contributed by atoms with Crippen molar-refractivity contribution in [2.45, 2.75) is 142 Å². The molecule has 0 heterocycles. The van der Waals surface area contributed by atoms with Crippen LogP contribution < -0.4 is 0 Å². The van der Waals surface area contributed by atoms with Crippen LogP contribution in [0.3, 0.4) is 0 Å². The van der Waals surface area contributed by atoms with E-state index in [0.29, 0.717) is 49.3 Å². The number of benzene rings is 1. The highest BCUT2D eigenvalue weighted by atomic mass is 28.4. The highest BCUT2D eigenvalue weighted by Gasteiger charge is 2.70. The molecule has 5 rings (SSSR count). The molecule has 0 bridgehead atoms. The minimum Gasteiger partial charge on any atom is -0.415 e. The third kappa shape index (κ3) is 7.39. The van der Waals surface area contributed by atoms with Crippen molar-refractivity contribution in [1.29, 1.82) is 0 Å². The van der Waals surface area contributed by atoms with E-state index in [2.05, 4.69) is 84.9 Å². The summed E-state index contributed by atoms with van der Waals surface area (Å²) < 4.78 is 20.6. The van der Waals surface area contributed by atoms with Gasteiger partial charge in [-0.25, -0.2) is 0 Å². The zero-order valence-corrected chi connectivity index (χ0v) is 33.8. The normalized spacial score (nSPS) is 37.0. The van der Waals surface area contributed by atoms with Crippen molar-refractivity contribution in [2.75, 3.05) is 6.61 Å². The second-order valence-electron chi connectivity index (χ2n) is 18.5. The fourth-order valence-corrected chi connectivity index (χ4v) is 13.4. The molecule has 0 saturated heterocycles.